The van der Waals surface area contributed by atoms with Gasteiger partial charge >= 0.3 is 0 Å². The van der Waals surface area contributed by atoms with E-state index in [1.165, 1.54) is 0 Å². The molecule has 0 aromatic carbocycles. The maximum atomic E-state index is 11.2. The van der Waals surface area contributed by atoms with Crippen molar-refractivity contribution in [2.75, 3.05) is 33.0 Å². The Kier molecular flexibility index (Phi) is 13.7. The second-order valence-corrected chi connectivity index (χ2v) is 12.6. The van der Waals surface area contributed by atoms with Crippen LogP contribution in [0.25, 0.3) is 0 Å². The summed E-state index contributed by atoms with van der Waals surface area (Å²) in [6, 6.07) is 0. The van der Waals surface area contributed by atoms with Crippen LogP contribution in [0.15, 0.2) is 0 Å². The average molecular weight is 739 g/mol. The highest BCUT2D eigenvalue weighted by molar-refractivity contribution is 4.96. The molecule has 23 nitrogen and oxygen atoms in total. The van der Waals surface area contributed by atoms with Crippen LogP contribution in [0.3, 0.4) is 0 Å². The Morgan fingerprint density at radius 3 is 1.44 bits per heavy atom. The van der Waals surface area contributed by atoms with Gasteiger partial charge in [-0.05, 0) is 0 Å². The van der Waals surface area contributed by atoms with E-state index >= 15 is 0 Å². The van der Waals surface area contributed by atoms with Crippen molar-refractivity contribution in [2.45, 2.75) is 135 Å². The Morgan fingerprint density at radius 2 is 0.880 bits per heavy atom. The van der Waals surface area contributed by atoms with E-state index in [-0.39, 0.29) is 0 Å². The maximum Gasteiger partial charge on any atom is 0.187 e. The summed E-state index contributed by atoms with van der Waals surface area (Å²) < 4.78 is 49.9. The number of ether oxygens (including phenoxy) is 9. The molecule has 0 radical (unpaired) electrons. The molecule has 5 aliphatic heterocycles. The Bertz CT molecular complexity index is 1060. The molecule has 0 saturated carbocycles. The lowest BCUT2D eigenvalue weighted by Gasteiger charge is -2.48. The fraction of sp³-hybridized carbons (Fsp3) is 1.00. The van der Waals surface area contributed by atoms with Crippen molar-refractivity contribution in [1.29, 1.82) is 0 Å². The largest absolute Gasteiger partial charge is 0.394 e. The van der Waals surface area contributed by atoms with Gasteiger partial charge in [-0.15, -0.1) is 0 Å². The molecular weight excluding hydrogens is 692 g/mol. The molecule has 0 aliphatic carbocycles. The van der Waals surface area contributed by atoms with Crippen LogP contribution in [0.2, 0.25) is 0 Å². The minimum absolute atomic E-state index is 0.465. The van der Waals surface area contributed by atoms with Crippen LogP contribution in [0.5, 0.6) is 0 Å². The first-order valence-electron chi connectivity index (χ1n) is 15.8. The summed E-state index contributed by atoms with van der Waals surface area (Å²) in [4.78, 5) is 0. The lowest BCUT2D eigenvalue weighted by molar-refractivity contribution is -0.394. The van der Waals surface area contributed by atoms with Crippen molar-refractivity contribution in [1.82, 2.24) is 0 Å². The van der Waals surface area contributed by atoms with E-state index in [0.29, 0.717) is 0 Å². The normalized spacial score (nSPS) is 53.6. The smallest absolute Gasteiger partial charge is 0.187 e. The van der Waals surface area contributed by atoms with Crippen molar-refractivity contribution >= 4 is 0 Å². The molecule has 5 fully saturated rings. The van der Waals surface area contributed by atoms with Gasteiger partial charge in [0.05, 0.1) is 33.0 Å². The molecule has 0 aromatic rings. The lowest BCUT2D eigenvalue weighted by atomic mass is 9.98. The van der Waals surface area contributed by atoms with Gasteiger partial charge in [0.15, 0.2) is 31.5 Å². The number of aliphatic hydroxyl groups excluding tert-OH is 14. The predicted octanol–water partition coefficient (Wildman–Crippen LogP) is -10.0. The van der Waals surface area contributed by atoms with Crippen LogP contribution in [-0.4, -0.2) is 240 Å². The molecule has 5 rings (SSSR count). The SMILES string of the molecule is OC[C@@H]1O[C@H](O[C@H]2[C@@H](O[C@@H]3O[C@H](CO)[C@@H](O)[C@H](O)[C@@H]3O)[C@@H](O[C@@H]3CO[C@@H](O)[C@H](O[C@@H]4OC[C@H](O)[C@H](O)[C@@H]4O)[C@@H]3O)OC[C@H]2O)[C@@H](O)[C@H](O)[C@H]1O. The molecule has 5 aliphatic rings. The van der Waals surface area contributed by atoms with E-state index in [2.05, 4.69) is 0 Å². The van der Waals surface area contributed by atoms with E-state index in [9.17, 15) is 71.5 Å². The standard InChI is InChI=1S/C27H46O23/c28-1-8-12(33)15(36)18(39)25(45-8)48-20-7(31)4-44-27(22(20)50-26-19(40)16(37)13(34)9(2-29)46-26)47-10-5-42-23(41)21(14(10)35)49-24-17(38)11(32)6(30)3-43-24/h6-41H,1-5H2/t6-,7+,8-,9+,10+,11-,12-,13+,14+,15+,16-,17-,18-,19-,20+,21+,22+,23+,24-,25+,26-,27+/m0/s1. The first-order valence-corrected chi connectivity index (χ1v) is 15.8. The zero-order valence-electron chi connectivity index (χ0n) is 26.2. The van der Waals surface area contributed by atoms with Gasteiger partial charge in [0.1, 0.15) is 104 Å². The molecule has 0 amide bonds. The molecule has 5 heterocycles. The minimum atomic E-state index is -1.99. The first kappa shape index (κ1) is 40.3. The summed E-state index contributed by atoms with van der Waals surface area (Å²) >= 11 is 0. The van der Waals surface area contributed by atoms with Crippen molar-refractivity contribution in [2.24, 2.45) is 0 Å². The average Bonchev–Trinajstić information content (AvgIpc) is 3.10. The highest BCUT2D eigenvalue weighted by Gasteiger charge is 2.54. The molecule has 292 valence electrons. The van der Waals surface area contributed by atoms with Crippen LogP contribution >= 0.6 is 0 Å². The quantitative estimate of drug-likeness (QED) is 0.0989. The Morgan fingerprint density at radius 1 is 0.400 bits per heavy atom. The Hall–Kier alpha value is -0.920. The lowest BCUT2D eigenvalue weighted by Crippen LogP contribution is -2.66. The monoisotopic (exact) mass is 738 g/mol. The fourth-order valence-electron chi connectivity index (χ4n) is 6.11. The van der Waals surface area contributed by atoms with E-state index in [4.69, 9.17) is 42.6 Å². The summed E-state index contributed by atoms with van der Waals surface area (Å²) in [5, 5.41) is 144. The first-order chi connectivity index (χ1) is 23.7. The molecular formula is C27H46O23. The molecule has 22 atom stereocenters. The number of rotatable bonds is 10. The summed E-state index contributed by atoms with van der Waals surface area (Å²) in [5.74, 6) is 0. The third-order valence-corrected chi connectivity index (χ3v) is 9.17. The number of hydrogen-bond donors (Lipinski definition) is 14. The molecule has 0 unspecified atom stereocenters. The van der Waals surface area contributed by atoms with Crippen molar-refractivity contribution in [3.63, 3.8) is 0 Å². The van der Waals surface area contributed by atoms with Crippen LogP contribution in [-0.2, 0) is 42.6 Å². The number of hydrogen-bond acceptors (Lipinski definition) is 23. The van der Waals surface area contributed by atoms with Crippen LogP contribution < -0.4 is 0 Å². The van der Waals surface area contributed by atoms with Gasteiger partial charge in [0, 0.05) is 0 Å². The van der Waals surface area contributed by atoms with Crippen LogP contribution in [0, 0.1) is 0 Å². The molecule has 50 heavy (non-hydrogen) atoms. The van der Waals surface area contributed by atoms with Gasteiger partial charge < -0.3 is 114 Å². The van der Waals surface area contributed by atoms with Gasteiger partial charge in [-0.25, -0.2) is 0 Å². The molecule has 23 heteroatoms. The van der Waals surface area contributed by atoms with Gasteiger partial charge in [0.2, 0.25) is 0 Å². The Labute approximate surface area is 282 Å². The fourth-order valence-corrected chi connectivity index (χ4v) is 6.11. The van der Waals surface area contributed by atoms with Crippen molar-refractivity contribution < 1.29 is 114 Å². The number of aliphatic hydroxyl groups is 14. The Balaban J connectivity index is 1.38. The predicted molar refractivity (Wildman–Crippen MR) is 148 cm³/mol. The highest BCUT2D eigenvalue weighted by atomic mass is 16.8. The summed E-state index contributed by atoms with van der Waals surface area (Å²) in [7, 11) is 0. The molecule has 14 N–H and O–H groups in total. The third kappa shape index (κ3) is 8.25. The van der Waals surface area contributed by atoms with Crippen LogP contribution in [0.1, 0.15) is 0 Å². The molecule has 5 saturated heterocycles. The highest BCUT2D eigenvalue weighted by Crippen LogP contribution is 2.34. The van der Waals surface area contributed by atoms with E-state index in [0.717, 1.165) is 0 Å². The van der Waals surface area contributed by atoms with Gasteiger partial charge in [0.25, 0.3) is 0 Å². The molecule has 0 bridgehead atoms. The van der Waals surface area contributed by atoms with Gasteiger partial charge in [-0.3, -0.25) is 0 Å². The topological polar surface area (TPSA) is 366 Å². The second-order valence-electron chi connectivity index (χ2n) is 12.6. The summed E-state index contributed by atoms with van der Waals surface area (Å²) in [5.41, 5.74) is 0. The van der Waals surface area contributed by atoms with E-state index in [1.54, 1.807) is 0 Å². The van der Waals surface area contributed by atoms with Crippen molar-refractivity contribution in [3.05, 3.63) is 0 Å². The van der Waals surface area contributed by atoms with Crippen molar-refractivity contribution in [3.8, 4) is 0 Å². The maximum absolute atomic E-state index is 11.2. The third-order valence-electron chi connectivity index (χ3n) is 9.17. The summed E-state index contributed by atoms with van der Waals surface area (Å²) in [6.07, 6.45) is -38.3. The molecule has 0 aromatic heterocycles. The van der Waals surface area contributed by atoms with Gasteiger partial charge in [-0.2, -0.15) is 0 Å². The van der Waals surface area contributed by atoms with E-state index < -0.39 is 168 Å². The summed E-state index contributed by atoms with van der Waals surface area (Å²) in [6.45, 7) is -3.28. The van der Waals surface area contributed by atoms with Gasteiger partial charge in [-0.1, -0.05) is 0 Å². The van der Waals surface area contributed by atoms with E-state index in [1.807, 2.05) is 0 Å². The molecule has 0 spiro atoms. The van der Waals surface area contributed by atoms with Crippen LogP contribution in [0.4, 0.5) is 0 Å². The zero-order valence-corrected chi connectivity index (χ0v) is 26.2. The second kappa shape index (κ2) is 17.0. The zero-order chi connectivity index (χ0) is 36.6. The minimum Gasteiger partial charge on any atom is -0.394 e.